The third-order valence-electron chi connectivity index (χ3n) is 4.74. The van der Waals surface area contributed by atoms with Crippen molar-refractivity contribution >= 4 is 23.5 Å². The van der Waals surface area contributed by atoms with Gasteiger partial charge in [-0.15, -0.1) is 0 Å². The minimum atomic E-state index is -0.613. The third kappa shape index (κ3) is 5.96. The van der Waals surface area contributed by atoms with Gasteiger partial charge in [0.1, 0.15) is 6.04 Å². The van der Waals surface area contributed by atoms with Gasteiger partial charge >= 0.3 is 6.03 Å². The van der Waals surface area contributed by atoms with Crippen LogP contribution in [0.4, 0.5) is 10.5 Å². The van der Waals surface area contributed by atoms with Crippen molar-refractivity contribution in [2.75, 3.05) is 38.0 Å². The van der Waals surface area contributed by atoms with Crippen molar-refractivity contribution in [3.05, 3.63) is 30.3 Å². The molecule has 1 aliphatic carbocycles. The molecule has 0 aromatic heterocycles. The average molecular weight is 373 g/mol. The molecule has 27 heavy (non-hydrogen) atoms. The molecule has 8 heteroatoms. The summed E-state index contributed by atoms with van der Waals surface area (Å²) in [6.07, 6.45) is 2.16. The second kappa shape index (κ2) is 8.85. The predicted molar refractivity (Wildman–Crippen MR) is 102 cm³/mol. The number of anilines is 1. The van der Waals surface area contributed by atoms with Gasteiger partial charge in [0.25, 0.3) is 0 Å². The van der Waals surface area contributed by atoms with E-state index in [9.17, 15) is 14.4 Å². The summed E-state index contributed by atoms with van der Waals surface area (Å²) >= 11 is 0. The molecule has 3 rings (SSSR count). The van der Waals surface area contributed by atoms with Gasteiger partial charge in [-0.05, 0) is 31.9 Å². The van der Waals surface area contributed by atoms with Gasteiger partial charge in [0.2, 0.25) is 11.8 Å². The van der Waals surface area contributed by atoms with E-state index in [1.165, 1.54) is 0 Å². The van der Waals surface area contributed by atoms with Crippen LogP contribution in [0.5, 0.6) is 0 Å². The Morgan fingerprint density at radius 2 is 1.74 bits per heavy atom. The number of rotatable bonds is 6. The second-order valence-electron chi connectivity index (χ2n) is 7.13. The quantitative estimate of drug-likeness (QED) is 0.681. The zero-order valence-corrected chi connectivity index (χ0v) is 15.6. The highest BCUT2D eigenvalue weighted by molar-refractivity contribution is 5.93. The Morgan fingerprint density at radius 1 is 1.07 bits per heavy atom. The first-order valence-corrected chi connectivity index (χ1v) is 9.44. The number of hydrogen-bond acceptors (Lipinski definition) is 4. The highest BCUT2D eigenvalue weighted by Gasteiger charge is 2.28. The van der Waals surface area contributed by atoms with E-state index in [4.69, 9.17) is 0 Å². The van der Waals surface area contributed by atoms with Crippen molar-refractivity contribution in [2.24, 2.45) is 0 Å². The number of carbonyl (C=O) groups excluding carboxylic acids is 3. The molecule has 2 fully saturated rings. The first-order valence-electron chi connectivity index (χ1n) is 9.44. The van der Waals surface area contributed by atoms with E-state index < -0.39 is 12.1 Å². The molecule has 4 amide bonds. The molecule has 1 saturated heterocycles. The van der Waals surface area contributed by atoms with Gasteiger partial charge in [0, 0.05) is 37.9 Å². The lowest BCUT2D eigenvalue weighted by atomic mass is 10.2. The van der Waals surface area contributed by atoms with Crippen molar-refractivity contribution in [1.29, 1.82) is 0 Å². The van der Waals surface area contributed by atoms with E-state index in [0.717, 1.165) is 12.8 Å². The molecule has 3 N–H and O–H groups in total. The Morgan fingerprint density at radius 3 is 2.37 bits per heavy atom. The van der Waals surface area contributed by atoms with Gasteiger partial charge in [0.15, 0.2) is 0 Å². The highest BCUT2D eigenvalue weighted by Crippen LogP contribution is 2.18. The topological polar surface area (TPSA) is 93.8 Å². The summed E-state index contributed by atoms with van der Waals surface area (Å²) in [6.45, 7) is 4.50. The molecule has 1 atom stereocenters. The van der Waals surface area contributed by atoms with Crippen molar-refractivity contribution in [3.63, 3.8) is 0 Å². The number of urea groups is 1. The van der Waals surface area contributed by atoms with E-state index in [0.29, 0.717) is 44.5 Å². The molecule has 1 aromatic carbocycles. The molecule has 0 spiro atoms. The van der Waals surface area contributed by atoms with E-state index in [1.807, 2.05) is 18.2 Å². The van der Waals surface area contributed by atoms with Crippen LogP contribution in [0.2, 0.25) is 0 Å². The normalized spacial score (nSPS) is 18.5. The monoisotopic (exact) mass is 373 g/mol. The van der Waals surface area contributed by atoms with Gasteiger partial charge in [-0.3, -0.25) is 14.5 Å². The summed E-state index contributed by atoms with van der Waals surface area (Å²) in [4.78, 5) is 40.3. The van der Waals surface area contributed by atoms with Crippen LogP contribution in [0.25, 0.3) is 0 Å². The lowest BCUT2D eigenvalue weighted by Gasteiger charge is -2.35. The lowest BCUT2D eigenvalue weighted by molar-refractivity contribution is -0.134. The third-order valence-corrected chi connectivity index (χ3v) is 4.74. The fourth-order valence-electron chi connectivity index (χ4n) is 3.05. The SMILES string of the molecule is CC(NC(=O)Nc1ccccc1)C(=O)N1CCN(CC(=O)NC2CC2)CC1. The van der Waals surface area contributed by atoms with Gasteiger partial charge < -0.3 is 20.9 Å². The number of amides is 4. The average Bonchev–Trinajstić information content (AvgIpc) is 3.46. The molecule has 1 unspecified atom stereocenters. The van der Waals surface area contributed by atoms with Crippen LogP contribution in [0.15, 0.2) is 30.3 Å². The second-order valence-corrected chi connectivity index (χ2v) is 7.13. The maximum absolute atomic E-state index is 12.6. The van der Waals surface area contributed by atoms with Crippen LogP contribution >= 0.6 is 0 Å². The summed E-state index contributed by atoms with van der Waals surface area (Å²) in [7, 11) is 0. The summed E-state index contributed by atoms with van der Waals surface area (Å²) in [5.74, 6) is -0.0508. The minimum Gasteiger partial charge on any atom is -0.352 e. The molecule has 0 radical (unpaired) electrons. The number of nitrogens with zero attached hydrogens (tertiary/aromatic N) is 2. The van der Waals surface area contributed by atoms with Gasteiger partial charge in [-0.25, -0.2) is 4.79 Å². The van der Waals surface area contributed by atoms with Crippen LogP contribution in [-0.4, -0.2) is 72.5 Å². The molecule has 1 aromatic rings. The lowest BCUT2D eigenvalue weighted by Crippen LogP contribution is -2.55. The van der Waals surface area contributed by atoms with Crippen molar-refractivity contribution in [1.82, 2.24) is 20.4 Å². The molecule has 0 bridgehead atoms. The van der Waals surface area contributed by atoms with Crippen molar-refractivity contribution in [2.45, 2.75) is 31.8 Å². The van der Waals surface area contributed by atoms with Gasteiger partial charge in [0.05, 0.1) is 6.54 Å². The number of piperazine rings is 1. The molecular formula is C19H27N5O3. The Labute approximate surface area is 159 Å². The molecule has 2 aliphatic rings. The van der Waals surface area contributed by atoms with Crippen LogP contribution in [0.3, 0.4) is 0 Å². The zero-order valence-electron chi connectivity index (χ0n) is 15.6. The van der Waals surface area contributed by atoms with Crippen molar-refractivity contribution < 1.29 is 14.4 Å². The fraction of sp³-hybridized carbons (Fsp3) is 0.526. The summed E-state index contributed by atoms with van der Waals surface area (Å²) in [5, 5.41) is 8.36. The smallest absolute Gasteiger partial charge is 0.319 e. The van der Waals surface area contributed by atoms with Crippen LogP contribution < -0.4 is 16.0 Å². The molecule has 1 heterocycles. The number of carbonyl (C=O) groups is 3. The Balaban J connectivity index is 1.38. The van der Waals surface area contributed by atoms with Crippen molar-refractivity contribution in [3.8, 4) is 0 Å². The standard InChI is InChI=1S/C19H27N5O3/c1-14(20-19(27)22-15-5-3-2-4-6-15)18(26)24-11-9-23(10-12-24)13-17(25)21-16-7-8-16/h2-6,14,16H,7-13H2,1H3,(H,21,25)(H2,20,22,27). The molecule has 1 aliphatic heterocycles. The molecule has 146 valence electrons. The highest BCUT2D eigenvalue weighted by atomic mass is 16.2. The molecular weight excluding hydrogens is 346 g/mol. The molecule has 1 saturated carbocycles. The van der Waals surface area contributed by atoms with Crippen LogP contribution in [0, 0.1) is 0 Å². The first-order chi connectivity index (χ1) is 13.0. The predicted octanol–water partition coefficient (Wildman–Crippen LogP) is 0.619. The maximum atomic E-state index is 12.6. The maximum Gasteiger partial charge on any atom is 0.319 e. The first kappa shape index (κ1) is 19.2. The molecule has 8 nitrogen and oxygen atoms in total. The Kier molecular flexibility index (Phi) is 6.28. The number of benzene rings is 1. The summed E-state index contributed by atoms with van der Waals surface area (Å²) in [6, 6.07) is 8.44. The summed E-state index contributed by atoms with van der Waals surface area (Å²) < 4.78 is 0. The van der Waals surface area contributed by atoms with Crippen LogP contribution in [0.1, 0.15) is 19.8 Å². The van der Waals surface area contributed by atoms with Crippen LogP contribution in [-0.2, 0) is 9.59 Å². The number of hydrogen-bond donors (Lipinski definition) is 3. The van der Waals surface area contributed by atoms with E-state index in [1.54, 1.807) is 24.0 Å². The van der Waals surface area contributed by atoms with E-state index >= 15 is 0 Å². The Bertz CT molecular complexity index is 669. The van der Waals surface area contributed by atoms with Gasteiger partial charge in [-0.1, -0.05) is 18.2 Å². The number of nitrogens with one attached hydrogen (secondary N) is 3. The van der Waals surface area contributed by atoms with E-state index in [-0.39, 0.29) is 11.8 Å². The zero-order chi connectivity index (χ0) is 19.2. The largest absolute Gasteiger partial charge is 0.352 e. The summed E-state index contributed by atoms with van der Waals surface area (Å²) in [5.41, 5.74) is 0.674. The fourth-order valence-corrected chi connectivity index (χ4v) is 3.05. The number of para-hydroxylation sites is 1. The Hall–Kier alpha value is -2.61. The minimum absolute atomic E-state index is 0.0601. The van der Waals surface area contributed by atoms with E-state index in [2.05, 4.69) is 20.9 Å². The van der Waals surface area contributed by atoms with Gasteiger partial charge in [-0.2, -0.15) is 0 Å².